The van der Waals surface area contributed by atoms with Crippen molar-refractivity contribution < 1.29 is 4.74 Å². The van der Waals surface area contributed by atoms with E-state index >= 15 is 0 Å². The van der Waals surface area contributed by atoms with Gasteiger partial charge in [-0.25, -0.2) is 0 Å². The van der Waals surface area contributed by atoms with E-state index in [2.05, 4.69) is 15.7 Å². The Kier molecular flexibility index (Phi) is 5.53. The molecule has 0 saturated heterocycles. The fraction of sp³-hybridized carbons (Fsp3) is 0.111. The van der Waals surface area contributed by atoms with Gasteiger partial charge in [-0.1, -0.05) is 23.7 Å². The Morgan fingerprint density at radius 3 is 2.68 bits per heavy atom. The van der Waals surface area contributed by atoms with E-state index in [0.717, 1.165) is 17.8 Å². The first kappa shape index (κ1) is 17.3. The topological polar surface area (TPSA) is 51.1 Å². The maximum atomic E-state index is 6.03. The summed E-state index contributed by atoms with van der Waals surface area (Å²) in [4.78, 5) is 0. The minimum absolute atomic E-state index is 0.459. The van der Waals surface area contributed by atoms with Crippen molar-refractivity contribution in [3.8, 4) is 5.75 Å². The van der Waals surface area contributed by atoms with Crippen molar-refractivity contribution in [2.45, 2.75) is 6.54 Å². The molecule has 0 atom stereocenters. The van der Waals surface area contributed by atoms with E-state index in [9.17, 15) is 0 Å². The van der Waals surface area contributed by atoms with E-state index in [1.165, 1.54) is 0 Å². The highest BCUT2D eigenvalue weighted by Gasteiger charge is 2.06. The maximum absolute atomic E-state index is 6.03. The molecule has 0 radical (unpaired) electrons. The molecule has 3 rings (SSSR count). The number of ether oxygens (including phenoxy) is 1. The number of hydrogen-bond acceptors (Lipinski definition) is 3. The van der Waals surface area contributed by atoms with Crippen LogP contribution in [0.25, 0.3) is 0 Å². The van der Waals surface area contributed by atoms with Crippen molar-refractivity contribution in [1.82, 2.24) is 9.78 Å². The summed E-state index contributed by atoms with van der Waals surface area (Å²) in [5.74, 6) is 0.670. The lowest BCUT2D eigenvalue weighted by Gasteiger charge is -2.14. The van der Waals surface area contributed by atoms with Crippen LogP contribution in [0.15, 0.2) is 60.9 Å². The second-order valence-corrected chi connectivity index (χ2v) is 6.17. The Labute approximate surface area is 156 Å². The molecule has 0 aliphatic heterocycles. The molecule has 0 unspecified atom stereocenters. The first-order chi connectivity index (χ1) is 12.1. The molecule has 0 spiro atoms. The molecule has 0 aliphatic carbocycles. The summed E-state index contributed by atoms with van der Waals surface area (Å²) in [6, 6.07) is 15.2. The van der Waals surface area contributed by atoms with Crippen LogP contribution in [0.2, 0.25) is 5.02 Å². The van der Waals surface area contributed by atoms with Crippen molar-refractivity contribution >= 4 is 40.3 Å². The van der Waals surface area contributed by atoms with Gasteiger partial charge in [-0.3, -0.25) is 4.68 Å². The van der Waals surface area contributed by atoms with Gasteiger partial charge in [0.1, 0.15) is 5.75 Å². The molecule has 0 bridgehead atoms. The number of halogens is 1. The second kappa shape index (κ2) is 8.00. The van der Waals surface area contributed by atoms with Crippen molar-refractivity contribution in [2.75, 3.05) is 17.7 Å². The lowest BCUT2D eigenvalue weighted by atomic mass is 10.2. The van der Waals surface area contributed by atoms with E-state index in [1.54, 1.807) is 31.5 Å². The van der Waals surface area contributed by atoms with Crippen molar-refractivity contribution in [3.05, 3.63) is 71.5 Å². The number of hydrogen-bond donors (Lipinski definition) is 2. The van der Waals surface area contributed by atoms with Crippen molar-refractivity contribution in [1.29, 1.82) is 0 Å². The summed E-state index contributed by atoms with van der Waals surface area (Å²) < 4.78 is 7.18. The van der Waals surface area contributed by atoms with Crippen LogP contribution in [-0.4, -0.2) is 22.0 Å². The van der Waals surface area contributed by atoms with E-state index in [-0.39, 0.29) is 0 Å². The predicted molar refractivity (Wildman–Crippen MR) is 106 cm³/mol. The minimum Gasteiger partial charge on any atom is -0.495 e. The fourth-order valence-electron chi connectivity index (χ4n) is 2.34. The Morgan fingerprint density at radius 2 is 2.00 bits per heavy atom. The molecule has 5 nitrogen and oxygen atoms in total. The van der Waals surface area contributed by atoms with Crippen LogP contribution in [0.4, 0.5) is 11.4 Å². The standard InChI is InChI=1S/C18H17ClN4OS/c1-24-17-8-5-14(19)11-16(17)22-18(25)21-15-6-3-13(4-7-15)12-23-10-2-9-20-23/h2-11H,12H2,1H3,(H2,21,22,25). The van der Waals surface area contributed by atoms with Crippen LogP contribution in [-0.2, 0) is 6.54 Å². The molecule has 7 heteroatoms. The van der Waals surface area contributed by atoms with Gasteiger partial charge in [0.2, 0.25) is 0 Å². The SMILES string of the molecule is COc1ccc(Cl)cc1NC(=S)Nc1ccc(Cn2cccn2)cc1. The summed E-state index contributed by atoms with van der Waals surface area (Å²) in [5, 5.41) is 11.5. The van der Waals surface area contributed by atoms with Crippen LogP contribution in [0, 0.1) is 0 Å². The highest BCUT2D eigenvalue weighted by molar-refractivity contribution is 7.80. The van der Waals surface area contributed by atoms with Crippen LogP contribution in [0.1, 0.15) is 5.56 Å². The molecule has 0 saturated carbocycles. The molecular formula is C18H17ClN4OS. The monoisotopic (exact) mass is 372 g/mol. The second-order valence-electron chi connectivity index (χ2n) is 5.32. The number of nitrogens with zero attached hydrogens (tertiary/aromatic N) is 2. The molecule has 25 heavy (non-hydrogen) atoms. The summed E-state index contributed by atoms with van der Waals surface area (Å²) in [5.41, 5.74) is 2.76. The first-order valence-electron chi connectivity index (χ1n) is 7.62. The summed E-state index contributed by atoms with van der Waals surface area (Å²) in [6.45, 7) is 0.732. The number of thiocarbonyl (C=S) groups is 1. The third-order valence-electron chi connectivity index (χ3n) is 3.53. The molecule has 0 fully saturated rings. The lowest BCUT2D eigenvalue weighted by molar-refractivity contribution is 0.417. The largest absolute Gasteiger partial charge is 0.495 e. The van der Waals surface area contributed by atoms with Crippen LogP contribution >= 0.6 is 23.8 Å². The fourth-order valence-corrected chi connectivity index (χ4v) is 2.74. The molecular weight excluding hydrogens is 356 g/mol. The number of aromatic nitrogens is 2. The summed E-state index contributed by atoms with van der Waals surface area (Å²) in [6.07, 6.45) is 3.70. The van der Waals surface area contributed by atoms with E-state index in [1.807, 2.05) is 41.2 Å². The Morgan fingerprint density at radius 1 is 1.20 bits per heavy atom. The zero-order valence-electron chi connectivity index (χ0n) is 13.6. The maximum Gasteiger partial charge on any atom is 0.175 e. The highest BCUT2D eigenvalue weighted by atomic mass is 35.5. The van der Waals surface area contributed by atoms with Gasteiger partial charge in [-0.05, 0) is 54.2 Å². The van der Waals surface area contributed by atoms with Gasteiger partial charge in [0.05, 0.1) is 19.3 Å². The Bertz CT molecular complexity index is 850. The van der Waals surface area contributed by atoms with E-state index < -0.39 is 0 Å². The number of rotatable bonds is 5. The molecule has 1 heterocycles. The average molecular weight is 373 g/mol. The van der Waals surface area contributed by atoms with Gasteiger partial charge in [0, 0.05) is 23.1 Å². The van der Waals surface area contributed by atoms with Crippen molar-refractivity contribution in [3.63, 3.8) is 0 Å². The quantitative estimate of drug-likeness (QED) is 0.650. The van der Waals surface area contributed by atoms with Crippen LogP contribution in [0.3, 0.4) is 0 Å². The van der Waals surface area contributed by atoms with Crippen LogP contribution in [0.5, 0.6) is 5.75 Å². The Hall–Kier alpha value is -2.57. The van der Waals surface area contributed by atoms with Gasteiger partial charge in [-0.15, -0.1) is 0 Å². The lowest BCUT2D eigenvalue weighted by Crippen LogP contribution is -2.19. The minimum atomic E-state index is 0.459. The molecule has 2 N–H and O–H groups in total. The van der Waals surface area contributed by atoms with Gasteiger partial charge < -0.3 is 15.4 Å². The summed E-state index contributed by atoms with van der Waals surface area (Å²) in [7, 11) is 1.60. The third-order valence-corrected chi connectivity index (χ3v) is 3.96. The molecule has 3 aromatic rings. The van der Waals surface area contributed by atoms with E-state index in [4.69, 9.17) is 28.6 Å². The number of benzene rings is 2. The number of methoxy groups -OCH3 is 1. The third kappa shape index (κ3) is 4.71. The summed E-state index contributed by atoms with van der Waals surface area (Å²) >= 11 is 11.4. The molecule has 0 amide bonds. The van der Waals surface area contributed by atoms with Gasteiger partial charge in [-0.2, -0.15) is 5.10 Å². The van der Waals surface area contributed by atoms with E-state index in [0.29, 0.717) is 21.6 Å². The smallest absolute Gasteiger partial charge is 0.175 e. The Balaban J connectivity index is 1.62. The molecule has 2 aromatic carbocycles. The van der Waals surface area contributed by atoms with Gasteiger partial charge >= 0.3 is 0 Å². The predicted octanol–water partition coefficient (Wildman–Crippen LogP) is 4.40. The first-order valence-corrected chi connectivity index (χ1v) is 8.40. The van der Waals surface area contributed by atoms with Crippen molar-refractivity contribution in [2.24, 2.45) is 0 Å². The molecule has 1 aromatic heterocycles. The highest BCUT2D eigenvalue weighted by Crippen LogP contribution is 2.27. The molecule has 128 valence electrons. The zero-order chi connectivity index (χ0) is 17.6. The number of nitrogens with one attached hydrogen (secondary N) is 2. The van der Waals surface area contributed by atoms with Crippen LogP contribution < -0.4 is 15.4 Å². The number of anilines is 2. The van der Waals surface area contributed by atoms with Gasteiger partial charge in [0.25, 0.3) is 0 Å². The normalized spacial score (nSPS) is 10.3. The average Bonchev–Trinajstić information content (AvgIpc) is 3.10. The zero-order valence-corrected chi connectivity index (χ0v) is 15.1. The molecule has 0 aliphatic rings. The van der Waals surface area contributed by atoms with Gasteiger partial charge in [0.15, 0.2) is 5.11 Å².